The van der Waals surface area contributed by atoms with Crippen LogP contribution in [0.4, 0.5) is 26.3 Å². The Morgan fingerprint density at radius 2 is 1.69 bits per heavy atom. The molecule has 1 amide bonds. The molecule has 35 heavy (non-hydrogen) atoms. The second-order valence-corrected chi connectivity index (χ2v) is 9.63. The molecule has 6 rings (SSSR count). The van der Waals surface area contributed by atoms with E-state index in [1.54, 1.807) is 10.9 Å². The van der Waals surface area contributed by atoms with Crippen LogP contribution in [0.5, 0.6) is 5.75 Å². The van der Waals surface area contributed by atoms with E-state index in [4.69, 9.17) is 5.11 Å². The van der Waals surface area contributed by atoms with Crippen LogP contribution in [0.3, 0.4) is 0 Å². The molecule has 0 spiro atoms. The Kier molecular flexibility index (Phi) is 5.30. The van der Waals surface area contributed by atoms with E-state index in [2.05, 4.69) is 10.4 Å². The number of benzene rings is 2. The Bertz CT molecular complexity index is 1310. The summed E-state index contributed by atoms with van der Waals surface area (Å²) in [5.74, 6) is -7.32. The van der Waals surface area contributed by atoms with Gasteiger partial charge in [-0.1, -0.05) is 0 Å². The first-order valence-corrected chi connectivity index (χ1v) is 11.1. The minimum Gasteiger partial charge on any atom is -0.503 e. The number of aromatic hydroxyl groups is 1. The van der Waals surface area contributed by atoms with Crippen molar-refractivity contribution >= 4 is 16.8 Å². The van der Waals surface area contributed by atoms with Gasteiger partial charge in [-0.25, -0.2) is 8.78 Å². The van der Waals surface area contributed by atoms with Gasteiger partial charge in [0.15, 0.2) is 17.4 Å². The minimum absolute atomic E-state index is 0.182. The fourth-order valence-electron chi connectivity index (χ4n) is 5.41. The molecule has 0 aliphatic heterocycles. The van der Waals surface area contributed by atoms with Gasteiger partial charge in [-0.15, -0.1) is 0 Å². The van der Waals surface area contributed by atoms with Crippen molar-refractivity contribution < 1.29 is 36.2 Å². The molecule has 0 unspecified atom stereocenters. The molecule has 0 saturated heterocycles. The van der Waals surface area contributed by atoms with Crippen molar-refractivity contribution in [1.29, 1.82) is 0 Å². The molecule has 3 saturated carbocycles. The zero-order chi connectivity index (χ0) is 25.2. The summed E-state index contributed by atoms with van der Waals surface area (Å²) in [4.78, 5) is 12.4. The molecule has 1 aromatic heterocycles. The molecule has 3 aromatic rings. The largest absolute Gasteiger partial charge is 0.503 e. The van der Waals surface area contributed by atoms with Gasteiger partial charge < -0.3 is 10.4 Å². The monoisotopic (exact) mass is 497 g/mol. The Morgan fingerprint density at radius 1 is 1.03 bits per heavy atom. The fourth-order valence-corrected chi connectivity index (χ4v) is 5.41. The summed E-state index contributed by atoms with van der Waals surface area (Å²) in [5, 5.41) is 16.7. The van der Waals surface area contributed by atoms with E-state index in [-0.39, 0.29) is 17.5 Å². The lowest BCUT2D eigenvalue weighted by Crippen LogP contribution is -2.51. The molecule has 2 bridgehead atoms. The fraction of sp³-hybridized carbons (Fsp3) is 0.417. The number of rotatable bonds is 4. The van der Waals surface area contributed by atoms with Gasteiger partial charge in [0.1, 0.15) is 0 Å². The third-order valence-electron chi connectivity index (χ3n) is 7.68. The maximum Gasteiger partial charge on any atom is 0.416 e. The zero-order valence-electron chi connectivity index (χ0n) is 18.4. The number of amides is 1. The number of halogens is 6. The van der Waals surface area contributed by atoms with Crippen molar-refractivity contribution in [2.75, 3.05) is 6.54 Å². The molecular weight excluding hydrogens is 476 g/mol. The molecule has 1 heterocycles. The van der Waals surface area contributed by atoms with E-state index < -0.39 is 46.4 Å². The van der Waals surface area contributed by atoms with Crippen molar-refractivity contribution in [3.8, 4) is 5.75 Å². The Balaban J connectivity index is 1.29. The highest BCUT2D eigenvalue weighted by molar-refractivity contribution is 5.94. The maximum absolute atomic E-state index is 14.0. The number of aromatic nitrogens is 2. The lowest BCUT2D eigenvalue weighted by molar-refractivity contribution is -0.137. The van der Waals surface area contributed by atoms with Crippen LogP contribution in [0.1, 0.15) is 54.4 Å². The van der Waals surface area contributed by atoms with Crippen molar-refractivity contribution in [2.24, 2.45) is 5.41 Å². The lowest BCUT2D eigenvalue weighted by Gasteiger charge is -2.53. The van der Waals surface area contributed by atoms with Gasteiger partial charge in [0.25, 0.3) is 5.91 Å². The van der Waals surface area contributed by atoms with Gasteiger partial charge in [0, 0.05) is 18.1 Å². The summed E-state index contributed by atoms with van der Waals surface area (Å²) in [6, 6.07) is 3.93. The number of hydrogen-bond donors (Lipinski definition) is 2. The van der Waals surface area contributed by atoms with Gasteiger partial charge >= 0.3 is 6.18 Å². The second-order valence-electron chi connectivity index (χ2n) is 9.63. The van der Waals surface area contributed by atoms with Crippen LogP contribution < -0.4 is 5.32 Å². The summed E-state index contributed by atoms with van der Waals surface area (Å²) in [5.41, 5.74) is -1.68. The molecule has 186 valence electrons. The number of carbonyl (C=O) groups excluding carboxylic acids is 1. The molecular formula is C24H21F6N3O2. The van der Waals surface area contributed by atoms with Gasteiger partial charge in [-0.2, -0.15) is 22.7 Å². The number of carbonyl (C=O) groups is 1. The Labute approximate surface area is 195 Å². The van der Waals surface area contributed by atoms with Crippen LogP contribution in [0, 0.1) is 22.9 Å². The molecule has 0 radical (unpaired) electrons. The molecule has 3 fully saturated rings. The summed E-state index contributed by atoms with van der Waals surface area (Å²) < 4.78 is 82.2. The third kappa shape index (κ3) is 3.90. The summed E-state index contributed by atoms with van der Waals surface area (Å²) in [6.45, 7) is 0.182. The number of alkyl halides is 3. The summed E-state index contributed by atoms with van der Waals surface area (Å²) in [6.07, 6.45) is 1.38. The predicted molar refractivity (Wildman–Crippen MR) is 113 cm³/mol. The number of phenols is 1. The van der Waals surface area contributed by atoms with Crippen LogP contribution in [0.25, 0.3) is 10.9 Å². The highest BCUT2D eigenvalue weighted by Gasteiger charge is 2.50. The normalized spacial score (nSPS) is 24.2. The van der Waals surface area contributed by atoms with E-state index >= 15 is 0 Å². The zero-order valence-corrected chi connectivity index (χ0v) is 18.4. The maximum atomic E-state index is 14.0. The molecule has 0 atom stereocenters. The van der Waals surface area contributed by atoms with Crippen LogP contribution in [-0.2, 0) is 11.7 Å². The van der Waals surface area contributed by atoms with E-state index in [1.807, 2.05) is 0 Å². The molecule has 11 heteroatoms. The number of fused-ring (bicyclic) bond motifs is 4. The highest BCUT2D eigenvalue weighted by atomic mass is 19.4. The van der Waals surface area contributed by atoms with Crippen LogP contribution in [0.2, 0.25) is 0 Å². The van der Waals surface area contributed by atoms with Crippen molar-refractivity contribution in [1.82, 2.24) is 15.1 Å². The number of hydrogen-bond acceptors (Lipinski definition) is 3. The first-order valence-electron chi connectivity index (χ1n) is 11.1. The number of nitrogens with zero attached hydrogens (tertiary/aromatic N) is 2. The third-order valence-corrected chi connectivity index (χ3v) is 7.68. The van der Waals surface area contributed by atoms with Gasteiger partial charge in [-0.05, 0) is 68.2 Å². The number of phenolic OH excluding ortho intramolecular Hbond substituents is 1. The number of nitrogens with one attached hydrogen (secondary N) is 1. The SMILES string of the molecule is O=C(NCC12CCC(n3cc4cc(C(F)(F)F)ccc4n3)(CC1)CC2)c1cc(F)c(O)c(F)c1F. The van der Waals surface area contributed by atoms with E-state index in [9.17, 15) is 31.1 Å². The van der Waals surface area contributed by atoms with Gasteiger partial charge in [-0.3, -0.25) is 9.48 Å². The van der Waals surface area contributed by atoms with Crippen molar-refractivity contribution in [3.05, 3.63) is 59.0 Å². The second kappa shape index (κ2) is 7.89. The average Bonchev–Trinajstić information content (AvgIpc) is 3.29. The molecule has 3 aliphatic carbocycles. The average molecular weight is 497 g/mol. The van der Waals surface area contributed by atoms with Crippen molar-refractivity contribution in [3.63, 3.8) is 0 Å². The predicted octanol–water partition coefficient (Wildman–Crippen LogP) is 5.66. The molecule has 3 aliphatic rings. The first-order chi connectivity index (χ1) is 16.4. The van der Waals surface area contributed by atoms with Crippen LogP contribution >= 0.6 is 0 Å². The van der Waals surface area contributed by atoms with Crippen LogP contribution in [-0.4, -0.2) is 27.3 Å². The van der Waals surface area contributed by atoms with Gasteiger partial charge in [0.05, 0.1) is 22.2 Å². The first kappa shape index (κ1) is 23.5. The smallest absolute Gasteiger partial charge is 0.416 e. The quantitative estimate of drug-likeness (QED) is 0.361. The minimum atomic E-state index is -4.44. The Morgan fingerprint density at radius 3 is 2.31 bits per heavy atom. The van der Waals surface area contributed by atoms with Gasteiger partial charge in [0.2, 0.25) is 5.82 Å². The standard InChI is InChI=1S/C24H21F6N3O2/c25-16-10-15(18(26)19(27)20(16)34)21(35)31-12-22-3-6-23(7-4-22,8-5-22)33-11-13-9-14(24(28,29)30)1-2-17(13)32-33/h1-2,9-11,34H,3-8,12H2,(H,31,35). The summed E-state index contributed by atoms with van der Waals surface area (Å²) in [7, 11) is 0. The molecule has 2 aromatic carbocycles. The molecule has 5 nitrogen and oxygen atoms in total. The Hall–Kier alpha value is -3.24. The van der Waals surface area contributed by atoms with E-state index in [1.165, 1.54) is 6.07 Å². The molecule has 2 N–H and O–H groups in total. The van der Waals surface area contributed by atoms with E-state index in [0.717, 1.165) is 12.1 Å². The van der Waals surface area contributed by atoms with E-state index in [0.29, 0.717) is 55.5 Å². The summed E-state index contributed by atoms with van der Waals surface area (Å²) >= 11 is 0. The van der Waals surface area contributed by atoms with Crippen LogP contribution in [0.15, 0.2) is 30.5 Å². The van der Waals surface area contributed by atoms with Crippen molar-refractivity contribution in [2.45, 2.75) is 50.2 Å². The topological polar surface area (TPSA) is 67.2 Å². The highest BCUT2D eigenvalue weighted by Crippen LogP contribution is 2.55. The lowest BCUT2D eigenvalue weighted by atomic mass is 9.57.